The molecule has 28 heavy (non-hydrogen) atoms. The largest absolute Gasteiger partial charge is 0.390 e. The third kappa shape index (κ3) is 3.97. The molecule has 0 saturated carbocycles. The Morgan fingerprint density at radius 1 is 1.14 bits per heavy atom. The zero-order chi connectivity index (χ0) is 20.4. The van der Waals surface area contributed by atoms with Crippen molar-refractivity contribution in [3.8, 4) is 6.07 Å². The first kappa shape index (κ1) is 20.5. The number of hydrogen-bond acceptors (Lipinski definition) is 4. The van der Waals surface area contributed by atoms with Crippen molar-refractivity contribution >= 4 is 0 Å². The first-order valence-electron chi connectivity index (χ1n) is 10.1. The lowest BCUT2D eigenvalue weighted by atomic mass is 9.69. The van der Waals surface area contributed by atoms with Gasteiger partial charge in [0.1, 0.15) is 0 Å². The fraction of sp³-hybridized carbons (Fsp3) is 0.500. The van der Waals surface area contributed by atoms with Crippen molar-refractivity contribution in [1.29, 1.82) is 5.26 Å². The molecule has 1 aliphatic heterocycles. The lowest BCUT2D eigenvalue weighted by Gasteiger charge is -2.43. The number of aliphatic hydroxyl groups is 1. The maximum atomic E-state index is 11.1. The van der Waals surface area contributed by atoms with E-state index < -0.39 is 5.60 Å². The summed E-state index contributed by atoms with van der Waals surface area (Å²) in [6.07, 6.45) is 4.62. The van der Waals surface area contributed by atoms with E-state index in [4.69, 9.17) is 5.26 Å². The molecule has 1 aromatic carbocycles. The highest BCUT2D eigenvalue weighted by Crippen LogP contribution is 2.47. The Balaban J connectivity index is 1.78. The van der Waals surface area contributed by atoms with Crippen molar-refractivity contribution in [2.24, 2.45) is 5.41 Å². The normalized spacial score (nSPS) is 20.9. The summed E-state index contributed by atoms with van der Waals surface area (Å²) in [5.41, 5.74) is 1.84. The number of nitriles is 1. The monoisotopic (exact) mass is 377 g/mol. The van der Waals surface area contributed by atoms with Crippen LogP contribution in [-0.4, -0.2) is 33.7 Å². The molecule has 4 heteroatoms. The van der Waals surface area contributed by atoms with E-state index in [2.05, 4.69) is 35.9 Å². The van der Waals surface area contributed by atoms with Crippen LogP contribution in [0, 0.1) is 16.7 Å². The maximum Gasteiger partial charge on any atom is 0.0991 e. The van der Waals surface area contributed by atoms with Crippen LogP contribution in [0.3, 0.4) is 0 Å². The Morgan fingerprint density at radius 2 is 1.86 bits per heavy atom. The van der Waals surface area contributed by atoms with E-state index in [0.29, 0.717) is 5.56 Å². The SMILES string of the molecule is CC(C)(c1ccccn1)N1CC[C@@](CCc2ccc(C#N)cc2)(C(C)(C)O)C1. The highest BCUT2D eigenvalue weighted by atomic mass is 16.3. The molecule has 1 saturated heterocycles. The molecule has 0 unspecified atom stereocenters. The van der Waals surface area contributed by atoms with Crippen molar-refractivity contribution in [1.82, 2.24) is 9.88 Å². The van der Waals surface area contributed by atoms with Crippen LogP contribution in [0.4, 0.5) is 0 Å². The molecule has 1 fully saturated rings. The van der Waals surface area contributed by atoms with Crippen molar-refractivity contribution in [3.63, 3.8) is 0 Å². The van der Waals surface area contributed by atoms with Gasteiger partial charge in [-0.05, 0) is 83.3 Å². The molecule has 2 heterocycles. The molecular weight excluding hydrogens is 346 g/mol. The molecule has 0 aliphatic carbocycles. The molecule has 148 valence electrons. The molecule has 1 aliphatic rings. The molecule has 2 aromatic rings. The molecule has 1 N–H and O–H groups in total. The van der Waals surface area contributed by atoms with Crippen LogP contribution in [0.1, 0.15) is 57.4 Å². The van der Waals surface area contributed by atoms with Crippen LogP contribution in [0.5, 0.6) is 0 Å². The highest BCUT2D eigenvalue weighted by Gasteiger charge is 2.51. The topological polar surface area (TPSA) is 60.2 Å². The summed E-state index contributed by atoms with van der Waals surface area (Å²) in [5.74, 6) is 0. The first-order valence-corrected chi connectivity index (χ1v) is 10.1. The molecule has 0 bridgehead atoms. The molecule has 0 radical (unpaired) electrons. The van der Waals surface area contributed by atoms with Crippen molar-refractivity contribution in [2.45, 2.75) is 58.1 Å². The molecule has 3 rings (SSSR count). The van der Waals surface area contributed by atoms with Gasteiger partial charge in [-0.15, -0.1) is 0 Å². The van der Waals surface area contributed by atoms with E-state index in [1.165, 1.54) is 5.56 Å². The van der Waals surface area contributed by atoms with E-state index in [9.17, 15) is 5.11 Å². The molecular formula is C24H31N3O. The lowest BCUT2D eigenvalue weighted by molar-refractivity contribution is -0.0596. The van der Waals surface area contributed by atoms with Gasteiger partial charge in [-0.1, -0.05) is 18.2 Å². The standard InChI is InChI=1S/C24H31N3O/c1-22(2,21-7-5-6-15-26-21)27-16-14-24(18-27,23(3,4)28)13-12-19-8-10-20(17-25)11-9-19/h5-11,15,28H,12-14,16,18H2,1-4H3/t24-/m1/s1. The summed E-state index contributed by atoms with van der Waals surface area (Å²) < 4.78 is 0. The summed E-state index contributed by atoms with van der Waals surface area (Å²) >= 11 is 0. The number of aromatic nitrogens is 1. The summed E-state index contributed by atoms with van der Waals surface area (Å²) in [6, 6.07) is 16.0. The highest BCUT2D eigenvalue weighted by molar-refractivity contribution is 5.31. The third-order valence-corrected chi connectivity index (χ3v) is 6.71. The molecule has 1 aromatic heterocycles. The summed E-state index contributed by atoms with van der Waals surface area (Å²) in [5, 5.41) is 20.1. The number of benzene rings is 1. The van der Waals surface area contributed by atoms with Gasteiger partial charge in [-0.3, -0.25) is 9.88 Å². The van der Waals surface area contributed by atoms with Gasteiger partial charge >= 0.3 is 0 Å². The van der Waals surface area contributed by atoms with Gasteiger partial charge in [0.15, 0.2) is 0 Å². The van der Waals surface area contributed by atoms with Gasteiger partial charge in [0, 0.05) is 18.2 Å². The van der Waals surface area contributed by atoms with Crippen LogP contribution >= 0.6 is 0 Å². The second-order valence-electron chi connectivity index (χ2n) is 9.09. The minimum absolute atomic E-state index is 0.174. The predicted molar refractivity (Wildman–Crippen MR) is 112 cm³/mol. The second-order valence-corrected chi connectivity index (χ2v) is 9.09. The molecule has 0 amide bonds. The third-order valence-electron chi connectivity index (χ3n) is 6.71. The van der Waals surface area contributed by atoms with E-state index >= 15 is 0 Å². The number of pyridine rings is 1. The maximum absolute atomic E-state index is 11.1. The Morgan fingerprint density at radius 3 is 2.43 bits per heavy atom. The van der Waals surface area contributed by atoms with Crippen molar-refractivity contribution < 1.29 is 5.11 Å². The minimum atomic E-state index is -0.769. The Kier molecular flexibility index (Phi) is 5.61. The van der Waals surface area contributed by atoms with E-state index in [-0.39, 0.29) is 11.0 Å². The van der Waals surface area contributed by atoms with Crippen LogP contribution < -0.4 is 0 Å². The van der Waals surface area contributed by atoms with E-state index in [0.717, 1.165) is 38.0 Å². The van der Waals surface area contributed by atoms with Gasteiger partial charge in [-0.25, -0.2) is 0 Å². The van der Waals surface area contributed by atoms with Gasteiger partial charge in [0.2, 0.25) is 0 Å². The average molecular weight is 378 g/mol. The predicted octanol–water partition coefficient (Wildman–Crippen LogP) is 4.28. The van der Waals surface area contributed by atoms with Crippen LogP contribution in [0.25, 0.3) is 0 Å². The van der Waals surface area contributed by atoms with Crippen molar-refractivity contribution in [2.75, 3.05) is 13.1 Å². The zero-order valence-corrected chi connectivity index (χ0v) is 17.4. The molecule has 1 atom stereocenters. The minimum Gasteiger partial charge on any atom is -0.390 e. The van der Waals surface area contributed by atoms with Gasteiger partial charge < -0.3 is 5.11 Å². The zero-order valence-electron chi connectivity index (χ0n) is 17.4. The number of nitrogens with zero attached hydrogens (tertiary/aromatic N) is 3. The number of rotatable bonds is 6. The number of hydrogen-bond donors (Lipinski definition) is 1. The van der Waals surface area contributed by atoms with E-state index in [1.807, 2.05) is 56.4 Å². The molecule has 4 nitrogen and oxygen atoms in total. The van der Waals surface area contributed by atoms with Crippen LogP contribution in [0.2, 0.25) is 0 Å². The number of likely N-dealkylation sites (tertiary alicyclic amines) is 1. The second kappa shape index (κ2) is 7.66. The van der Waals surface area contributed by atoms with E-state index in [1.54, 1.807) is 0 Å². The average Bonchev–Trinajstić information content (AvgIpc) is 3.14. The Hall–Kier alpha value is -2.22. The first-order chi connectivity index (χ1) is 13.2. The van der Waals surface area contributed by atoms with Crippen molar-refractivity contribution in [3.05, 3.63) is 65.5 Å². The fourth-order valence-electron chi connectivity index (χ4n) is 4.38. The fourth-order valence-corrected chi connectivity index (χ4v) is 4.38. The van der Waals surface area contributed by atoms with Crippen LogP contribution in [0.15, 0.2) is 48.7 Å². The Labute approximate surface area is 168 Å². The summed E-state index contributed by atoms with van der Waals surface area (Å²) in [7, 11) is 0. The molecule has 0 spiro atoms. The van der Waals surface area contributed by atoms with Gasteiger partial charge in [0.05, 0.1) is 28.5 Å². The smallest absolute Gasteiger partial charge is 0.0991 e. The van der Waals surface area contributed by atoms with Gasteiger partial charge in [-0.2, -0.15) is 5.26 Å². The summed E-state index contributed by atoms with van der Waals surface area (Å²) in [6.45, 7) is 10.1. The quantitative estimate of drug-likeness (QED) is 0.816. The summed E-state index contributed by atoms with van der Waals surface area (Å²) in [4.78, 5) is 7.05. The lowest BCUT2D eigenvalue weighted by Crippen LogP contribution is -2.48. The van der Waals surface area contributed by atoms with Crippen LogP contribution in [-0.2, 0) is 12.0 Å². The van der Waals surface area contributed by atoms with Gasteiger partial charge in [0.25, 0.3) is 0 Å². The Bertz CT molecular complexity index is 831. The number of aryl methyl sites for hydroxylation is 1.